The first-order valence-corrected chi connectivity index (χ1v) is 9.18. The number of nitrogens with zero attached hydrogens (tertiary/aromatic N) is 3. The van der Waals surface area contributed by atoms with E-state index in [1.165, 1.54) is 0 Å². The molecule has 0 radical (unpaired) electrons. The second-order valence-electron chi connectivity index (χ2n) is 7.04. The first-order valence-electron chi connectivity index (χ1n) is 8.10. The van der Waals surface area contributed by atoms with Crippen molar-refractivity contribution in [2.45, 2.75) is 45.9 Å². The lowest BCUT2D eigenvalue weighted by atomic mass is 10.1. The SMILES string of the molecule is COc1nccc(I)c1CN1CCN(C(=O)OC(C)(C)C)[C@@H](C)C1. The number of halogens is 1. The van der Waals surface area contributed by atoms with Crippen LogP contribution in [0.3, 0.4) is 0 Å². The zero-order chi connectivity index (χ0) is 17.9. The van der Waals surface area contributed by atoms with Gasteiger partial charge in [0, 0.05) is 47.6 Å². The summed E-state index contributed by atoms with van der Waals surface area (Å²) in [6.45, 7) is 10.8. The number of piperazine rings is 1. The molecule has 6 nitrogen and oxygen atoms in total. The topological polar surface area (TPSA) is 54.9 Å². The second-order valence-corrected chi connectivity index (χ2v) is 8.20. The molecule has 7 heteroatoms. The Morgan fingerprint density at radius 1 is 1.42 bits per heavy atom. The Morgan fingerprint density at radius 3 is 2.71 bits per heavy atom. The van der Waals surface area contributed by atoms with Gasteiger partial charge in [0.05, 0.1) is 7.11 Å². The number of rotatable bonds is 3. The number of amides is 1. The van der Waals surface area contributed by atoms with Crippen molar-refractivity contribution < 1.29 is 14.3 Å². The molecule has 1 saturated heterocycles. The predicted molar refractivity (Wildman–Crippen MR) is 101 cm³/mol. The van der Waals surface area contributed by atoms with Gasteiger partial charge in [0.2, 0.25) is 5.88 Å². The highest BCUT2D eigenvalue weighted by atomic mass is 127. The molecule has 1 aromatic rings. The molecule has 1 amide bonds. The average Bonchev–Trinajstić information content (AvgIpc) is 2.47. The van der Waals surface area contributed by atoms with Crippen molar-refractivity contribution >= 4 is 28.7 Å². The van der Waals surface area contributed by atoms with Crippen molar-refractivity contribution in [2.24, 2.45) is 0 Å². The Morgan fingerprint density at radius 2 is 2.12 bits per heavy atom. The summed E-state index contributed by atoms with van der Waals surface area (Å²) in [6.07, 6.45) is 1.52. The van der Waals surface area contributed by atoms with Crippen molar-refractivity contribution in [1.82, 2.24) is 14.8 Å². The molecule has 134 valence electrons. The molecular formula is C17H26IN3O3. The minimum Gasteiger partial charge on any atom is -0.481 e. The highest BCUT2D eigenvalue weighted by Gasteiger charge is 2.31. The van der Waals surface area contributed by atoms with E-state index in [0.717, 1.165) is 28.8 Å². The average molecular weight is 447 g/mol. The van der Waals surface area contributed by atoms with Crippen LogP contribution in [-0.4, -0.2) is 59.3 Å². The van der Waals surface area contributed by atoms with Crippen molar-refractivity contribution in [1.29, 1.82) is 0 Å². The van der Waals surface area contributed by atoms with Gasteiger partial charge in [-0.05, 0) is 56.4 Å². The molecule has 0 aliphatic carbocycles. The Kier molecular flexibility index (Phi) is 6.30. The van der Waals surface area contributed by atoms with Gasteiger partial charge >= 0.3 is 6.09 Å². The van der Waals surface area contributed by atoms with Crippen LogP contribution in [0, 0.1) is 3.57 Å². The number of carbonyl (C=O) groups excluding carboxylic acids is 1. The maximum atomic E-state index is 12.3. The van der Waals surface area contributed by atoms with Crippen LogP contribution < -0.4 is 4.74 Å². The van der Waals surface area contributed by atoms with Crippen molar-refractivity contribution in [3.63, 3.8) is 0 Å². The second kappa shape index (κ2) is 7.86. The number of hydrogen-bond donors (Lipinski definition) is 0. The Bertz CT molecular complexity index is 589. The predicted octanol–water partition coefficient (Wildman–Crippen LogP) is 3.14. The van der Waals surface area contributed by atoms with E-state index in [-0.39, 0.29) is 12.1 Å². The van der Waals surface area contributed by atoms with Gasteiger partial charge in [0.25, 0.3) is 0 Å². The summed E-state index contributed by atoms with van der Waals surface area (Å²) < 4.78 is 12.0. The molecular weight excluding hydrogens is 421 g/mol. The lowest BCUT2D eigenvalue weighted by Crippen LogP contribution is -2.54. The highest BCUT2D eigenvalue weighted by Crippen LogP contribution is 2.24. The van der Waals surface area contributed by atoms with Crippen LogP contribution in [0.2, 0.25) is 0 Å². The fraction of sp³-hybridized carbons (Fsp3) is 0.647. The maximum Gasteiger partial charge on any atom is 0.410 e. The van der Waals surface area contributed by atoms with Crippen LogP contribution in [0.4, 0.5) is 4.79 Å². The fourth-order valence-corrected chi connectivity index (χ4v) is 3.32. The third kappa shape index (κ3) is 4.95. The lowest BCUT2D eigenvalue weighted by Gasteiger charge is -2.40. The van der Waals surface area contributed by atoms with Crippen molar-refractivity contribution in [2.75, 3.05) is 26.7 Å². The third-order valence-corrected chi connectivity index (χ3v) is 4.88. The van der Waals surface area contributed by atoms with Gasteiger partial charge in [-0.25, -0.2) is 9.78 Å². The molecule has 0 aromatic carbocycles. The Labute approximate surface area is 157 Å². The van der Waals surface area contributed by atoms with Crippen LogP contribution in [0.25, 0.3) is 0 Å². The van der Waals surface area contributed by atoms with E-state index < -0.39 is 5.60 Å². The molecule has 0 unspecified atom stereocenters. The van der Waals surface area contributed by atoms with Gasteiger partial charge in [0.1, 0.15) is 5.60 Å². The van der Waals surface area contributed by atoms with Gasteiger partial charge in [-0.3, -0.25) is 4.90 Å². The fourth-order valence-electron chi connectivity index (χ4n) is 2.76. The molecule has 2 heterocycles. The quantitative estimate of drug-likeness (QED) is 0.667. The van der Waals surface area contributed by atoms with E-state index in [1.54, 1.807) is 13.3 Å². The monoisotopic (exact) mass is 447 g/mol. The Balaban J connectivity index is 2.00. The normalized spacial score (nSPS) is 19.2. The summed E-state index contributed by atoms with van der Waals surface area (Å²) in [4.78, 5) is 20.7. The van der Waals surface area contributed by atoms with E-state index >= 15 is 0 Å². The molecule has 0 bridgehead atoms. The van der Waals surface area contributed by atoms with Gasteiger partial charge in [-0.15, -0.1) is 0 Å². The van der Waals surface area contributed by atoms with Gasteiger partial charge in [-0.1, -0.05) is 0 Å². The zero-order valence-electron chi connectivity index (χ0n) is 15.0. The van der Waals surface area contributed by atoms with E-state index in [4.69, 9.17) is 9.47 Å². The number of aromatic nitrogens is 1. The third-order valence-electron chi connectivity index (χ3n) is 3.87. The summed E-state index contributed by atoms with van der Waals surface area (Å²) in [6, 6.07) is 2.09. The summed E-state index contributed by atoms with van der Waals surface area (Å²) in [5, 5.41) is 0. The zero-order valence-corrected chi connectivity index (χ0v) is 17.2. The van der Waals surface area contributed by atoms with Crippen LogP contribution in [-0.2, 0) is 11.3 Å². The van der Waals surface area contributed by atoms with Gasteiger partial charge in [0.15, 0.2) is 0 Å². The van der Waals surface area contributed by atoms with Crippen LogP contribution in [0.15, 0.2) is 12.3 Å². The molecule has 24 heavy (non-hydrogen) atoms. The molecule has 2 rings (SSSR count). The number of hydrogen-bond acceptors (Lipinski definition) is 5. The van der Waals surface area contributed by atoms with E-state index in [0.29, 0.717) is 12.4 Å². The Hall–Kier alpha value is -1.09. The summed E-state index contributed by atoms with van der Waals surface area (Å²) in [5.74, 6) is 0.670. The molecule has 1 atom stereocenters. The number of methoxy groups -OCH3 is 1. The van der Waals surface area contributed by atoms with Crippen molar-refractivity contribution in [3.05, 3.63) is 21.4 Å². The summed E-state index contributed by atoms with van der Waals surface area (Å²) in [5.41, 5.74) is 0.631. The minimum atomic E-state index is -0.465. The van der Waals surface area contributed by atoms with E-state index in [9.17, 15) is 4.79 Å². The van der Waals surface area contributed by atoms with Crippen LogP contribution in [0.1, 0.15) is 33.3 Å². The lowest BCUT2D eigenvalue weighted by molar-refractivity contribution is 0.000436. The molecule has 1 aliphatic rings. The number of pyridine rings is 1. The van der Waals surface area contributed by atoms with Crippen LogP contribution in [0.5, 0.6) is 5.88 Å². The van der Waals surface area contributed by atoms with E-state index in [1.807, 2.05) is 31.7 Å². The largest absolute Gasteiger partial charge is 0.481 e. The minimum absolute atomic E-state index is 0.105. The molecule has 1 aliphatic heterocycles. The van der Waals surface area contributed by atoms with Crippen LogP contribution >= 0.6 is 22.6 Å². The van der Waals surface area contributed by atoms with E-state index in [2.05, 4.69) is 39.4 Å². The summed E-state index contributed by atoms with van der Waals surface area (Å²) >= 11 is 2.31. The number of ether oxygens (including phenoxy) is 2. The molecule has 0 spiro atoms. The first-order chi connectivity index (χ1) is 11.2. The standard InChI is InChI=1S/C17H26IN3O3/c1-12-10-20(8-9-21(12)16(22)24-17(2,3)4)11-13-14(18)6-7-19-15(13)23-5/h6-7,12H,8-11H2,1-5H3/t12-/m0/s1. The first kappa shape index (κ1) is 19.2. The molecule has 1 aromatic heterocycles. The summed E-state index contributed by atoms with van der Waals surface area (Å²) in [7, 11) is 1.64. The van der Waals surface area contributed by atoms with Gasteiger partial charge in [-0.2, -0.15) is 0 Å². The highest BCUT2D eigenvalue weighted by molar-refractivity contribution is 14.1. The molecule has 0 saturated carbocycles. The maximum absolute atomic E-state index is 12.3. The van der Waals surface area contributed by atoms with Crippen molar-refractivity contribution in [3.8, 4) is 5.88 Å². The molecule has 1 fully saturated rings. The number of carbonyl (C=O) groups is 1. The van der Waals surface area contributed by atoms with Gasteiger partial charge < -0.3 is 14.4 Å². The molecule has 0 N–H and O–H groups in total. The smallest absolute Gasteiger partial charge is 0.410 e.